The number of hydrogen-bond acceptors (Lipinski definition) is 5. The van der Waals surface area contributed by atoms with Crippen molar-refractivity contribution < 1.29 is 23.1 Å². The number of anilines is 1. The molecule has 0 aliphatic carbocycles. The van der Waals surface area contributed by atoms with Crippen molar-refractivity contribution in [2.24, 2.45) is 0 Å². The highest BCUT2D eigenvalue weighted by atomic mass is 32.2. The van der Waals surface area contributed by atoms with E-state index in [1.165, 1.54) is 12.1 Å². The molecule has 1 atom stereocenters. The summed E-state index contributed by atoms with van der Waals surface area (Å²) in [6.45, 7) is 2.56. The van der Waals surface area contributed by atoms with Crippen molar-refractivity contribution in [3.63, 3.8) is 0 Å². The Morgan fingerprint density at radius 3 is 2.86 bits per heavy atom. The largest absolute Gasteiger partial charge is 0.506 e. The Bertz CT molecular complexity index is 632. The average molecular weight is 328 g/mol. The molecule has 0 spiro atoms. The first kappa shape index (κ1) is 16.6. The van der Waals surface area contributed by atoms with Crippen LogP contribution in [0, 0.1) is 0 Å². The van der Waals surface area contributed by atoms with Crippen molar-refractivity contribution in [2.45, 2.75) is 32.2 Å². The molecule has 122 valence electrons. The van der Waals surface area contributed by atoms with Gasteiger partial charge in [0, 0.05) is 6.07 Å². The Morgan fingerprint density at radius 1 is 1.45 bits per heavy atom. The van der Waals surface area contributed by atoms with E-state index in [2.05, 4.69) is 11.6 Å². The number of nitrogens with one attached hydrogen (secondary N) is 1. The Labute approximate surface area is 130 Å². The molecule has 0 radical (unpaired) electrons. The summed E-state index contributed by atoms with van der Waals surface area (Å²) in [5, 5.41) is 9.92. The van der Waals surface area contributed by atoms with Crippen LogP contribution in [-0.2, 0) is 15.0 Å². The van der Waals surface area contributed by atoms with Gasteiger partial charge in [-0.1, -0.05) is 19.8 Å². The lowest BCUT2D eigenvalue weighted by Crippen LogP contribution is -2.30. The standard InChI is InChI=1S/C14H20N2O5S/c1-2-3-4-7-21-12-5-6-14(18)13(8-12)16-9-11(10-17)15-22(16,19)20/h5-6,8,10-11,15,18H,2-4,7,9H2,1H3. The molecule has 1 heterocycles. The topological polar surface area (TPSA) is 95.9 Å². The highest BCUT2D eigenvalue weighted by molar-refractivity contribution is 7.91. The van der Waals surface area contributed by atoms with Gasteiger partial charge in [0.1, 0.15) is 17.8 Å². The molecule has 1 fully saturated rings. The van der Waals surface area contributed by atoms with Crippen LogP contribution < -0.4 is 13.8 Å². The van der Waals surface area contributed by atoms with Crippen molar-refractivity contribution >= 4 is 22.2 Å². The van der Waals surface area contributed by atoms with Crippen LogP contribution >= 0.6 is 0 Å². The fraction of sp³-hybridized carbons (Fsp3) is 0.500. The number of aromatic hydroxyl groups is 1. The van der Waals surface area contributed by atoms with E-state index in [0.29, 0.717) is 18.6 Å². The van der Waals surface area contributed by atoms with E-state index in [1.54, 1.807) is 6.07 Å². The second kappa shape index (κ2) is 6.97. The van der Waals surface area contributed by atoms with E-state index < -0.39 is 16.3 Å². The van der Waals surface area contributed by atoms with E-state index in [9.17, 15) is 18.3 Å². The normalized spacial score (nSPS) is 20.0. The number of aldehydes is 1. The highest BCUT2D eigenvalue weighted by Gasteiger charge is 2.36. The van der Waals surface area contributed by atoms with Crippen molar-refractivity contribution in [2.75, 3.05) is 17.5 Å². The lowest BCUT2D eigenvalue weighted by atomic mass is 10.2. The van der Waals surface area contributed by atoms with E-state index in [4.69, 9.17) is 4.74 Å². The van der Waals surface area contributed by atoms with Gasteiger partial charge in [-0.3, -0.25) is 4.31 Å². The molecule has 1 aromatic carbocycles. The van der Waals surface area contributed by atoms with Crippen LogP contribution in [0.25, 0.3) is 0 Å². The number of unbranched alkanes of at least 4 members (excludes halogenated alkanes) is 2. The third-order valence-electron chi connectivity index (χ3n) is 3.35. The van der Waals surface area contributed by atoms with Crippen molar-refractivity contribution in [1.29, 1.82) is 0 Å². The Hall–Kier alpha value is -1.80. The number of rotatable bonds is 7. The van der Waals surface area contributed by atoms with Gasteiger partial charge in [0.05, 0.1) is 24.9 Å². The predicted molar refractivity (Wildman–Crippen MR) is 82.4 cm³/mol. The molecule has 0 bridgehead atoms. The molecule has 2 N–H and O–H groups in total. The zero-order valence-electron chi connectivity index (χ0n) is 12.4. The molecule has 1 aliphatic rings. The third-order valence-corrected chi connectivity index (χ3v) is 4.88. The molecule has 1 aliphatic heterocycles. The molecule has 1 unspecified atom stereocenters. The number of phenolic OH excluding ortho intramolecular Hbond substituents is 1. The lowest BCUT2D eigenvalue weighted by molar-refractivity contribution is -0.108. The van der Waals surface area contributed by atoms with Crippen molar-refractivity contribution in [3.05, 3.63) is 18.2 Å². The van der Waals surface area contributed by atoms with Gasteiger partial charge in [-0.2, -0.15) is 13.1 Å². The number of carbonyl (C=O) groups is 1. The first-order valence-corrected chi connectivity index (χ1v) is 8.63. The average Bonchev–Trinajstić information content (AvgIpc) is 2.80. The van der Waals surface area contributed by atoms with E-state index >= 15 is 0 Å². The molecule has 0 amide bonds. The van der Waals surface area contributed by atoms with Crippen molar-refractivity contribution in [3.8, 4) is 11.5 Å². The highest BCUT2D eigenvalue weighted by Crippen LogP contribution is 2.34. The second-order valence-electron chi connectivity index (χ2n) is 5.10. The summed E-state index contributed by atoms with van der Waals surface area (Å²) in [5.74, 6) is 0.298. The van der Waals surface area contributed by atoms with E-state index in [-0.39, 0.29) is 18.0 Å². The fourth-order valence-electron chi connectivity index (χ4n) is 2.20. The Kier molecular flexibility index (Phi) is 5.25. The van der Waals surface area contributed by atoms with Gasteiger partial charge < -0.3 is 14.6 Å². The number of hydrogen-bond donors (Lipinski definition) is 2. The zero-order valence-corrected chi connectivity index (χ0v) is 13.2. The summed E-state index contributed by atoms with van der Waals surface area (Å²) in [4.78, 5) is 10.8. The van der Waals surface area contributed by atoms with Crippen LogP contribution in [0.1, 0.15) is 26.2 Å². The Balaban J connectivity index is 2.18. The van der Waals surface area contributed by atoms with E-state index in [1.807, 2.05) is 0 Å². The minimum absolute atomic E-state index is 0.0569. The van der Waals surface area contributed by atoms with Crippen LogP contribution in [0.15, 0.2) is 18.2 Å². The van der Waals surface area contributed by atoms with Crippen LogP contribution in [0.4, 0.5) is 5.69 Å². The maximum absolute atomic E-state index is 12.0. The number of nitrogens with zero attached hydrogens (tertiary/aromatic N) is 1. The SMILES string of the molecule is CCCCCOc1ccc(O)c(N2CC(C=O)NS2(=O)=O)c1. The second-order valence-corrected chi connectivity index (χ2v) is 6.73. The van der Waals surface area contributed by atoms with Crippen LogP contribution in [0.5, 0.6) is 11.5 Å². The predicted octanol–water partition coefficient (Wildman–Crippen LogP) is 1.18. The summed E-state index contributed by atoms with van der Waals surface area (Å²) in [7, 11) is -3.83. The van der Waals surface area contributed by atoms with Gasteiger partial charge >= 0.3 is 10.2 Å². The molecular formula is C14H20N2O5S. The first-order chi connectivity index (χ1) is 10.5. The minimum Gasteiger partial charge on any atom is -0.506 e. The van der Waals surface area contributed by atoms with Gasteiger partial charge in [-0.25, -0.2) is 0 Å². The van der Waals surface area contributed by atoms with E-state index in [0.717, 1.165) is 23.6 Å². The molecule has 1 saturated heterocycles. The van der Waals surface area contributed by atoms with Gasteiger partial charge in [0.15, 0.2) is 0 Å². The molecule has 22 heavy (non-hydrogen) atoms. The van der Waals surface area contributed by atoms with Crippen LogP contribution in [0.2, 0.25) is 0 Å². The summed E-state index contributed by atoms with van der Waals surface area (Å²) in [5.41, 5.74) is 0.102. The minimum atomic E-state index is -3.83. The molecule has 2 rings (SSSR count). The third kappa shape index (κ3) is 3.69. The fourth-order valence-corrected chi connectivity index (χ4v) is 3.60. The summed E-state index contributed by atoms with van der Waals surface area (Å²) >= 11 is 0. The lowest BCUT2D eigenvalue weighted by Gasteiger charge is -2.18. The van der Waals surface area contributed by atoms with Crippen LogP contribution in [-0.4, -0.2) is 39.0 Å². The number of ether oxygens (including phenoxy) is 1. The first-order valence-electron chi connectivity index (χ1n) is 7.19. The van der Waals surface area contributed by atoms with Crippen molar-refractivity contribution in [1.82, 2.24) is 4.72 Å². The molecule has 1 aromatic rings. The summed E-state index contributed by atoms with van der Waals surface area (Å²) in [6, 6.07) is 3.61. The van der Waals surface area contributed by atoms with Gasteiger partial charge in [-0.05, 0) is 18.6 Å². The number of phenols is 1. The maximum Gasteiger partial charge on any atom is 0.302 e. The van der Waals surface area contributed by atoms with Gasteiger partial charge in [0.25, 0.3) is 0 Å². The van der Waals surface area contributed by atoms with Gasteiger partial charge in [-0.15, -0.1) is 0 Å². The summed E-state index contributed by atoms with van der Waals surface area (Å²) < 4.78 is 32.7. The smallest absolute Gasteiger partial charge is 0.302 e. The molecule has 0 saturated carbocycles. The van der Waals surface area contributed by atoms with Gasteiger partial charge in [0.2, 0.25) is 0 Å². The molecule has 7 nitrogen and oxygen atoms in total. The van der Waals surface area contributed by atoms with Crippen LogP contribution in [0.3, 0.4) is 0 Å². The molecular weight excluding hydrogens is 308 g/mol. The number of benzene rings is 1. The molecule has 0 aromatic heterocycles. The monoisotopic (exact) mass is 328 g/mol. The Morgan fingerprint density at radius 2 is 2.23 bits per heavy atom. The summed E-state index contributed by atoms with van der Waals surface area (Å²) in [6.07, 6.45) is 3.56. The molecule has 8 heteroatoms. The number of carbonyl (C=O) groups excluding carboxylic acids is 1. The maximum atomic E-state index is 12.0. The zero-order chi connectivity index (χ0) is 16.2. The quantitative estimate of drug-likeness (QED) is 0.579.